The molecule has 1 aromatic rings. The van der Waals surface area contributed by atoms with Crippen molar-refractivity contribution in [3.8, 4) is 0 Å². The van der Waals surface area contributed by atoms with Crippen LogP contribution in [0, 0.1) is 0 Å². The number of hydrogen-bond acceptors (Lipinski definition) is 5. The Kier molecular flexibility index (Phi) is 5.23. The van der Waals surface area contributed by atoms with Gasteiger partial charge in [-0.2, -0.15) is 0 Å². The first-order valence-corrected chi connectivity index (χ1v) is 5.49. The van der Waals surface area contributed by atoms with Gasteiger partial charge in [0, 0.05) is 25.6 Å². The minimum Gasteiger partial charge on any atom is -0.476 e. The van der Waals surface area contributed by atoms with Crippen LogP contribution in [0.3, 0.4) is 0 Å². The summed E-state index contributed by atoms with van der Waals surface area (Å²) >= 11 is 1.15. The molecule has 1 heterocycles. The number of nitrogens with zero attached hydrogens (tertiary/aromatic N) is 1. The van der Waals surface area contributed by atoms with Crippen LogP contribution >= 0.6 is 11.3 Å². The van der Waals surface area contributed by atoms with E-state index in [1.54, 1.807) is 12.5 Å². The molecule has 0 aliphatic heterocycles. The molecule has 0 atom stereocenters. The second-order valence-electron chi connectivity index (χ2n) is 2.97. The zero-order valence-corrected chi connectivity index (χ0v) is 9.34. The number of aromatic carboxylic acids is 1. The standard InChI is InChI=1S/C9H14N2O3S/c1-14-4-2-3-10-5-7-6-15-8(11-7)9(12)13/h6,10H,2-5H2,1H3,(H,12,13). The Hall–Kier alpha value is -0.980. The van der Waals surface area contributed by atoms with Crippen LogP contribution in [0.25, 0.3) is 0 Å². The van der Waals surface area contributed by atoms with Crippen LogP contribution in [0.1, 0.15) is 21.9 Å². The number of thiazole rings is 1. The minimum absolute atomic E-state index is 0.142. The molecule has 0 aliphatic carbocycles. The van der Waals surface area contributed by atoms with Crippen molar-refractivity contribution < 1.29 is 14.6 Å². The van der Waals surface area contributed by atoms with Gasteiger partial charge in [-0.1, -0.05) is 0 Å². The maximum absolute atomic E-state index is 10.5. The molecule has 0 unspecified atom stereocenters. The van der Waals surface area contributed by atoms with E-state index >= 15 is 0 Å². The average Bonchev–Trinajstić information content (AvgIpc) is 2.66. The molecule has 5 nitrogen and oxygen atoms in total. The molecule has 1 rings (SSSR count). The zero-order chi connectivity index (χ0) is 11.1. The number of rotatable bonds is 7. The van der Waals surface area contributed by atoms with E-state index in [0.717, 1.165) is 36.6 Å². The van der Waals surface area contributed by atoms with Crippen molar-refractivity contribution in [1.82, 2.24) is 10.3 Å². The third-order valence-corrected chi connectivity index (χ3v) is 2.62. The normalized spacial score (nSPS) is 10.5. The Morgan fingerprint density at radius 3 is 3.13 bits per heavy atom. The maximum atomic E-state index is 10.5. The molecular weight excluding hydrogens is 216 g/mol. The first kappa shape index (κ1) is 12.1. The van der Waals surface area contributed by atoms with Crippen LogP contribution in [-0.4, -0.2) is 36.3 Å². The van der Waals surface area contributed by atoms with Crippen molar-refractivity contribution in [2.75, 3.05) is 20.3 Å². The van der Waals surface area contributed by atoms with E-state index in [0.29, 0.717) is 6.54 Å². The number of hydrogen-bond donors (Lipinski definition) is 2. The Morgan fingerprint density at radius 2 is 2.53 bits per heavy atom. The zero-order valence-electron chi connectivity index (χ0n) is 8.52. The van der Waals surface area contributed by atoms with E-state index in [9.17, 15) is 4.79 Å². The van der Waals surface area contributed by atoms with Gasteiger partial charge in [0.2, 0.25) is 5.01 Å². The number of aromatic nitrogens is 1. The summed E-state index contributed by atoms with van der Waals surface area (Å²) in [6, 6.07) is 0. The van der Waals surface area contributed by atoms with Crippen LogP contribution in [0.15, 0.2) is 5.38 Å². The van der Waals surface area contributed by atoms with Crippen LogP contribution in [-0.2, 0) is 11.3 Å². The number of nitrogens with one attached hydrogen (secondary N) is 1. The third kappa shape index (κ3) is 4.37. The van der Waals surface area contributed by atoms with E-state index < -0.39 is 5.97 Å². The van der Waals surface area contributed by atoms with Gasteiger partial charge < -0.3 is 15.2 Å². The summed E-state index contributed by atoms with van der Waals surface area (Å²) in [6.45, 7) is 2.17. The molecule has 0 aliphatic rings. The quantitative estimate of drug-likeness (QED) is 0.683. The lowest BCUT2D eigenvalue weighted by molar-refractivity contribution is 0.0696. The van der Waals surface area contributed by atoms with Crippen molar-refractivity contribution in [3.63, 3.8) is 0 Å². The van der Waals surface area contributed by atoms with E-state index in [-0.39, 0.29) is 5.01 Å². The summed E-state index contributed by atoms with van der Waals surface area (Å²) in [5, 5.41) is 13.7. The Labute approximate surface area is 92.1 Å². The van der Waals surface area contributed by atoms with Gasteiger partial charge in [-0.3, -0.25) is 0 Å². The number of methoxy groups -OCH3 is 1. The summed E-state index contributed by atoms with van der Waals surface area (Å²) in [5.41, 5.74) is 0.773. The summed E-state index contributed by atoms with van der Waals surface area (Å²) < 4.78 is 4.90. The summed E-state index contributed by atoms with van der Waals surface area (Å²) in [7, 11) is 1.67. The second kappa shape index (κ2) is 6.49. The predicted octanol–water partition coefficient (Wildman–Crippen LogP) is 0.967. The first-order valence-electron chi connectivity index (χ1n) is 4.61. The highest BCUT2D eigenvalue weighted by molar-refractivity contribution is 7.11. The number of carboxylic acids is 1. The van der Waals surface area contributed by atoms with Gasteiger partial charge in [0.05, 0.1) is 5.69 Å². The summed E-state index contributed by atoms with van der Waals surface area (Å²) in [4.78, 5) is 14.5. The lowest BCUT2D eigenvalue weighted by Gasteiger charge is -2.01. The van der Waals surface area contributed by atoms with Crippen LogP contribution in [0.5, 0.6) is 0 Å². The fraction of sp³-hybridized carbons (Fsp3) is 0.556. The molecule has 0 radical (unpaired) electrons. The Morgan fingerprint density at radius 1 is 1.73 bits per heavy atom. The molecule has 0 amide bonds. The highest BCUT2D eigenvalue weighted by Gasteiger charge is 2.07. The average molecular weight is 230 g/mol. The molecule has 0 fully saturated rings. The monoisotopic (exact) mass is 230 g/mol. The van der Waals surface area contributed by atoms with Crippen molar-refractivity contribution >= 4 is 17.3 Å². The van der Waals surface area contributed by atoms with Crippen LogP contribution < -0.4 is 5.32 Å². The summed E-state index contributed by atoms with van der Waals surface area (Å²) in [6.07, 6.45) is 0.937. The molecule has 6 heteroatoms. The van der Waals surface area contributed by atoms with Gasteiger partial charge in [0.15, 0.2) is 0 Å². The molecule has 2 N–H and O–H groups in total. The van der Waals surface area contributed by atoms with Gasteiger partial charge >= 0.3 is 5.97 Å². The summed E-state index contributed by atoms with van der Waals surface area (Å²) in [5.74, 6) is -0.967. The van der Waals surface area contributed by atoms with Crippen LogP contribution in [0.4, 0.5) is 0 Å². The Balaban J connectivity index is 2.23. The van der Waals surface area contributed by atoms with Crippen molar-refractivity contribution in [1.29, 1.82) is 0 Å². The van der Waals surface area contributed by atoms with E-state index in [2.05, 4.69) is 10.3 Å². The van der Waals surface area contributed by atoms with E-state index in [1.807, 2.05) is 0 Å². The van der Waals surface area contributed by atoms with Crippen molar-refractivity contribution in [2.24, 2.45) is 0 Å². The van der Waals surface area contributed by atoms with Crippen molar-refractivity contribution in [3.05, 3.63) is 16.1 Å². The molecule has 0 aromatic carbocycles. The van der Waals surface area contributed by atoms with Crippen LogP contribution in [0.2, 0.25) is 0 Å². The molecular formula is C9H14N2O3S. The maximum Gasteiger partial charge on any atom is 0.365 e. The highest BCUT2D eigenvalue weighted by Crippen LogP contribution is 2.08. The Bertz CT molecular complexity index is 314. The van der Waals surface area contributed by atoms with E-state index in [4.69, 9.17) is 9.84 Å². The first-order chi connectivity index (χ1) is 7.24. The molecule has 0 spiro atoms. The largest absolute Gasteiger partial charge is 0.476 e. The third-order valence-electron chi connectivity index (χ3n) is 1.74. The molecule has 0 bridgehead atoms. The molecule has 0 saturated carbocycles. The minimum atomic E-state index is -0.967. The van der Waals surface area contributed by atoms with Gasteiger partial charge in [-0.05, 0) is 13.0 Å². The second-order valence-corrected chi connectivity index (χ2v) is 3.83. The lowest BCUT2D eigenvalue weighted by atomic mass is 10.4. The SMILES string of the molecule is COCCCNCc1csc(C(=O)O)n1. The van der Waals surface area contributed by atoms with Gasteiger partial charge in [0.25, 0.3) is 0 Å². The molecule has 84 valence electrons. The van der Waals surface area contributed by atoms with Gasteiger partial charge in [0.1, 0.15) is 0 Å². The number of ether oxygens (including phenoxy) is 1. The predicted molar refractivity (Wildman–Crippen MR) is 57.3 cm³/mol. The molecule has 15 heavy (non-hydrogen) atoms. The lowest BCUT2D eigenvalue weighted by Crippen LogP contribution is -2.16. The fourth-order valence-corrected chi connectivity index (χ4v) is 1.70. The molecule has 0 saturated heterocycles. The fourth-order valence-electron chi connectivity index (χ4n) is 1.04. The number of carbonyl (C=O) groups is 1. The number of carboxylic acid groups (broad SMARTS) is 1. The topological polar surface area (TPSA) is 71.5 Å². The van der Waals surface area contributed by atoms with Gasteiger partial charge in [-0.25, -0.2) is 9.78 Å². The smallest absolute Gasteiger partial charge is 0.365 e. The molecule has 1 aromatic heterocycles. The highest BCUT2D eigenvalue weighted by atomic mass is 32.1. The van der Waals surface area contributed by atoms with E-state index in [1.165, 1.54) is 0 Å². The van der Waals surface area contributed by atoms with Crippen molar-refractivity contribution in [2.45, 2.75) is 13.0 Å². The van der Waals surface area contributed by atoms with Gasteiger partial charge in [-0.15, -0.1) is 11.3 Å².